The SMILES string of the molecule is C=CCOc1cc(F)ccc1[C@@H](Oc1ccccc1)[C@H](C)OC(=O)[C@H](C)CC(=O)c1nccc(OC)c1O.CCCOc1cc(F)ccc1[C@@H](Oc1ccccc1)[C@H](C)OC(=O)[C@H](C)CC(=O)c1nccc(OC)c1O.COc1ccnc(C(=O)C[C@@H](C)C(=O)O[C@@H](C)[C@H](Oc2ccccc2)c2ccc(F)cc2O)c1O. The number of phenolic OH excluding ortho intramolecular Hbond substituents is 1. The molecule has 0 unspecified atom stereocenters. The molecule has 6 aromatic carbocycles. The smallest absolute Gasteiger partial charge is 0.309 e. The predicted molar refractivity (Wildman–Crippen MR) is 400 cm³/mol. The van der Waals surface area contributed by atoms with E-state index in [1.165, 1.54) is 121 Å². The molecule has 0 saturated heterocycles. The van der Waals surface area contributed by atoms with Gasteiger partial charge >= 0.3 is 17.9 Å². The number of carbonyl (C=O) groups is 6. The van der Waals surface area contributed by atoms with E-state index >= 15 is 0 Å². The Kier molecular flexibility index (Phi) is 32.5. The summed E-state index contributed by atoms with van der Waals surface area (Å²) in [5, 5.41) is 40.9. The van der Waals surface area contributed by atoms with E-state index in [2.05, 4.69) is 21.5 Å². The molecule has 0 fully saturated rings. The number of nitrogens with zero attached hydrogens (tertiary/aromatic N) is 3. The number of hydrogen-bond donors (Lipinski definition) is 4. The van der Waals surface area contributed by atoms with Crippen LogP contribution >= 0.6 is 0 Å². The van der Waals surface area contributed by atoms with Gasteiger partial charge in [-0.25, -0.2) is 28.1 Å². The van der Waals surface area contributed by atoms with Crippen molar-refractivity contribution in [3.8, 4) is 69.0 Å². The Morgan fingerprint density at radius 3 is 1.03 bits per heavy atom. The van der Waals surface area contributed by atoms with Gasteiger partial charge in [0.15, 0.2) is 87.2 Å². The molecule has 27 heteroatoms. The highest BCUT2D eigenvalue weighted by atomic mass is 19.1. The van der Waals surface area contributed by atoms with E-state index in [0.29, 0.717) is 47.2 Å². The second-order valence-electron chi connectivity index (χ2n) is 25.2. The molecule has 9 atom stereocenters. The van der Waals surface area contributed by atoms with Gasteiger partial charge in [-0.3, -0.25) is 28.8 Å². The molecule has 0 radical (unpaired) electrons. The first-order chi connectivity index (χ1) is 53.2. The van der Waals surface area contributed by atoms with Crippen LogP contribution in [0.3, 0.4) is 0 Å². The fourth-order valence-electron chi connectivity index (χ4n) is 10.9. The first-order valence-electron chi connectivity index (χ1n) is 35.2. The maximum atomic E-state index is 14.1. The van der Waals surface area contributed by atoms with Gasteiger partial charge in [-0.05, 0) is 100.0 Å². The molecular weight excluding hydrogens is 1440 g/mol. The highest BCUT2D eigenvalue weighted by molar-refractivity contribution is 6.00. The van der Waals surface area contributed by atoms with Gasteiger partial charge in [0.1, 0.15) is 76.9 Å². The zero-order chi connectivity index (χ0) is 80.8. The quantitative estimate of drug-likeness (QED) is 0.0123. The van der Waals surface area contributed by atoms with Gasteiger partial charge in [-0.15, -0.1) is 0 Å². The number of esters is 3. The lowest BCUT2D eigenvalue weighted by Crippen LogP contribution is -2.30. The number of methoxy groups -OCH3 is 3. The number of pyridine rings is 3. The van der Waals surface area contributed by atoms with Gasteiger partial charge in [-0.1, -0.05) is 94.9 Å². The lowest BCUT2D eigenvalue weighted by atomic mass is 10.0. The molecule has 0 aliphatic rings. The zero-order valence-corrected chi connectivity index (χ0v) is 62.7. The first kappa shape index (κ1) is 85.6. The fraction of sp³-hybridized carbons (Fsp3) is 0.298. The molecule has 111 heavy (non-hydrogen) atoms. The number of halogens is 3. The molecule has 0 saturated carbocycles. The normalized spacial score (nSPS) is 13.2. The highest BCUT2D eigenvalue weighted by Gasteiger charge is 2.35. The van der Waals surface area contributed by atoms with Crippen molar-refractivity contribution < 1.29 is 114 Å². The number of aromatic nitrogens is 3. The van der Waals surface area contributed by atoms with Gasteiger partial charge in [0.25, 0.3) is 0 Å². The third kappa shape index (κ3) is 24.4. The van der Waals surface area contributed by atoms with Crippen LogP contribution in [0, 0.1) is 35.2 Å². The van der Waals surface area contributed by atoms with Crippen molar-refractivity contribution in [2.24, 2.45) is 17.8 Å². The molecular formula is C84H88F3N3O21. The van der Waals surface area contributed by atoms with Crippen molar-refractivity contribution in [3.05, 3.63) is 246 Å². The average molecular weight is 1530 g/mol. The van der Waals surface area contributed by atoms with Crippen molar-refractivity contribution in [2.75, 3.05) is 34.5 Å². The maximum Gasteiger partial charge on any atom is 0.309 e. The third-order valence-electron chi connectivity index (χ3n) is 16.7. The molecule has 0 aliphatic carbocycles. The molecule has 3 heterocycles. The Hall–Kier alpha value is -12.7. The van der Waals surface area contributed by atoms with E-state index in [1.54, 1.807) is 113 Å². The molecule has 0 aliphatic heterocycles. The molecule has 9 rings (SSSR count). The van der Waals surface area contributed by atoms with E-state index in [0.717, 1.165) is 6.07 Å². The van der Waals surface area contributed by atoms with Crippen LogP contribution in [0.25, 0.3) is 0 Å². The molecule has 586 valence electrons. The van der Waals surface area contributed by atoms with Crippen LogP contribution < -0.4 is 37.9 Å². The van der Waals surface area contributed by atoms with Gasteiger partial charge in [0.05, 0.1) is 45.7 Å². The molecule has 9 aromatic rings. The van der Waals surface area contributed by atoms with Gasteiger partial charge in [0.2, 0.25) is 0 Å². The van der Waals surface area contributed by atoms with Crippen molar-refractivity contribution in [2.45, 2.75) is 111 Å². The number of phenols is 1. The van der Waals surface area contributed by atoms with Gasteiger partial charge in [0, 0.05) is 90.9 Å². The molecule has 4 N–H and O–H groups in total. The molecule has 3 aromatic heterocycles. The summed E-state index contributed by atoms with van der Waals surface area (Å²) in [6.07, 6.45) is 0.177. The summed E-state index contributed by atoms with van der Waals surface area (Å²) in [5.41, 5.74) is 0.609. The number of hydrogen-bond acceptors (Lipinski definition) is 24. The number of rotatable bonds is 36. The lowest BCUT2D eigenvalue weighted by Gasteiger charge is -2.28. The fourth-order valence-corrected chi connectivity index (χ4v) is 10.9. The zero-order valence-electron chi connectivity index (χ0n) is 62.7. The van der Waals surface area contributed by atoms with Crippen molar-refractivity contribution in [1.82, 2.24) is 15.0 Å². The monoisotopic (exact) mass is 1530 g/mol. The topological polar surface area (TPSA) is 324 Å². The summed E-state index contributed by atoms with van der Waals surface area (Å²) < 4.78 is 103. The third-order valence-corrected chi connectivity index (χ3v) is 16.7. The van der Waals surface area contributed by atoms with Gasteiger partial charge < -0.3 is 72.5 Å². The van der Waals surface area contributed by atoms with Crippen LogP contribution in [0.4, 0.5) is 13.2 Å². The van der Waals surface area contributed by atoms with E-state index in [1.807, 2.05) is 19.1 Å². The minimum absolute atomic E-state index is 0.0900. The summed E-state index contributed by atoms with van der Waals surface area (Å²) in [4.78, 5) is 88.6. The Morgan fingerprint density at radius 1 is 0.414 bits per heavy atom. The van der Waals surface area contributed by atoms with E-state index in [4.69, 9.17) is 52.1 Å². The number of ether oxygens (including phenoxy) is 11. The van der Waals surface area contributed by atoms with Gasteiger partial charge in [-0.2, -0.15) is 0 Å². The Bertz CT molecular complexity index is 4600. The minimum Gasteiger partial charge on any atom is -0.507 e. The minimum atomic E-state index is -0.964. The maximum absolute atomic E-state index is 14.1. The summed E-state index contributed by atoms with van der Waals surface area (Å²) in [6, 6.07) is 42.4. The van der Waals surface area contributed by atoms with E-state index in [9.17, 15) is 62.4 Å². The van der Waals surface area contributed by atoms with Crippen molar-refractivity contribution >= 4 is 35.3 Å². The molecule has 0 bridgehead atoms. The largest absolute Gasteiger partial charge is 0.507 e. The molecule has 0 amide bonds. The molecule has 24 nitrogen and oxygen atoms in total. The number of carbonyl (C=O) groups excluding carboxylic acids is 6. The summed E-state index contributed by atoms with van der Waals surface area (Å²) >= 11 is 0. The second kappa shape index (κ2) is 42.2. The number of Topliss-reactive ketones (excluding diaryl/α,β-unsaturated/α-hetero) is 3. The Morgan fingerprint density at radius 2 is 0.721 bits per heavy atom. The predicted octanol–water partition coefficient (Wildman–Crippen LogP) is 15.7. The Labute approximate surface area is 640 Å². The lowest BCUT2D eigenvalue weighted by molar-refractivity contribution is -0.158. The van der Waals surface area contributed by atoms with Crippen LogP contribution in [0.1, 0.15) is 141 Å². The average Bonchev–Trinajstić information content (AvgIpc) is 0.830. The number of aromatic hydroxyl groups is 4. The molecule has 0 spiro atoms. The van der Waals surface area contributed by atoms with E-state index < -0.39 is 119 Å². The van der Waals surface area contributed by atoms with Crippen LogP contribution in [0.2, 0.25) is 0 Å². The number of para-hydroxylation sites is 3. The first-order valence-corrected chi connectivity index (χ1v) is 35.2. The Balaban J connectivity index is 0.000000231. The second-order valence-corrected chi connectivity index (χ2v) is 25.2. The summed E-state index contributed by atoms with van der Waals surface area (Å²) in [5.74, 6) is -7.10. The van der Waals surface area contributed by atoms with Crippen molar-refractivity contribution in [3.63, 3.8) is 0 Å². The number of ketones is 3. The van der Waals surface area contributed by atoms with Crippen molar-refractivity contribution in [1.29, 1.82) is 0 Å². The highest BCUT2D eigenvalue weighted by Crippen LogP contribution is 2.39. The number of benzene rings is 6. The van der Waals surface area contributed by atoms with Crippen LogP contribution in [-0.4, -0.2) is 123 Å². The van der Waals surface area contributed by atoms with E-state index in [-0.39, 0.29) is 83.0 Å². The standard InChI is InChI=1S/C29H32FNO7.C29H30FNO7.C26H26FNO7/c2*1-5-15-36-25-17-20(30)11-12-22(25)28(38-21-9-7-6-8-10-21)19(3)37-29(34)18(2)16-23(32)26-27(33)24(35-4)13-14-31-26;1-15(13-21(30)23-24(31)22(33-3)11-12-28-23)26(32)34-16(2)25(35-18-7-5-4-6-8-18)19-10-9-17(27)14-20(19)29/h6-14,17-19,28,33H,5,15-16H2,1-4H3;5-14,17-19,28,33H,1,15-16H2,2-4H3;4-12,14-16,25,29,31H,13H2,1-3H3/t2*18-,19+,28+;15-,16+,25+/m111/s1. The summed E-state index contributed by atoms with van der Waals surface area (Å²) in [7, 11) is 4.06. The van der Waals surface area contributed by atoms with Crippen LogP contribution in [-0.2, 0) is 28.6 Å². The van der Waals surface area contributed by atoms with Crippen LogP contribution in [0.15, 0.2) is 195 Å². The summed E-state index contributed by atoms with van der Waals surface area (Å²) in [6.45, 7) is 15.5. The van der Waals surface area contributed by atoms with Crippen LogP contribution in [0.5, 0.6) is 69.0 Å².